The van der Waals surface area contributed by atoms with E-state index >= 15 is 0 Å². The van der Waals surface area contributed by atoms with Gasteiger partial charge in [-0.1, -0.05) is 48.5 Å². The summed E-state index contributed by atoms with van der Waals surface area (Å²) in [6.07, 6.45) is 10.4. The number of imidazole rings is 4. The van der Waals surface area contributed by atoms with Crippen molar-refractivity contribution >= 4 is 91.8 Å². The smallest absolute Gasteiger partial charge is 0.383 e. The molecule has 4 atom stereocenters. The van der Waals surface area contributed by atoms with E-state index in [9.17, 15) is 0 Å². The van der Waals surface area contributed by atoms with Crippen molar-refractivity contribution in [3.63, 3.8) is 0 Å². The number of fused-ring (bicyclic) bond motifs is 6. The first kappa shape index (κ1) is 54.9. The van der Waals surface area contributed by atoms with Crippen LogP contribution in [0.4, 0.5) is 23.8 Å². The molecule has 0 saturated heterocycles. The number of hydrogen-bond acceptors (Lipinski definition) is 18. The minimum Gasteiger partial charge on any atom is -0.383 e. The van der Waals surface area contributed by atoms with Crippen molar-refractivity contribution in [3.8, 4) is 0 Å². The summed E-state index contributed by atoms with van der Waals surface area (Å²) in [7, 11) is 0. The van der Waals surface area contributed by atoms with Crippen LogP contribution in [0, 0.1) is 27.7 Å². The molecule has 0 radical (unpaired) electrons. The van der Waals surface area contributed by atoms with Crippen LogP contribution in [-0.2, 0) is 61.6 Å². The summed E-state index contributed by atoms with van der Waals surface area (Å²) in [5, 5.41) is 30.4. The van der Waals surface area contributed by atoms with Crippen molar-refractivity contribution in [3.05, 3.63) is 226 Å². The fourth-order valence-corrected chi connectivity index (χ4v) is 11.1. The van der Waals surface area contributed by atoms with E-state index < -0.39 is 22.7 Å². The van der Waals surface area contributed by atoms with Crippen LogP contribution in [-0.4, -0.2) is 83.6 Å². The zero-order chi connectivity index (χ0) is 56.6. The van der Waals surface area contributed by atoms with E-state index in [2.05, 4.69) is 83.9 Å². The zero-order valence-corrected chi connectivity index (χ0v) is 52.8. The molecule has 26 heteroatoms. The minimum absolute atomic E-state index is 0. The monoisotopic (exact) mass is 1230 g/mol. The van der Waals surface area contributed by atoms with Gasteiger partial charge in [0.15, 0.2) is 22.7 Å². The first-order chi connectivity index (χ1) is 41.0. The quantitative estimate of drug-likeness (QED) is 0.0634. The average molecular weight is 1240 g/mol. The van der Waals surface area contributed by atoms with Crippen molar-refractivity contribution < 1.29 is 39.0 Å². The van der Waals surface area contributed by atoms with Gasteiger partial charge in [-0.15, -0.1) is 0 Å². The van der Waals surface area contributed by atoms with Crippen LogP contribution in [0.5, 0.6) is 0 Å². The van der Waals surface area contributed by atoms with Gasteiger partial charge in [-0.05, 0) is 135 Å². The first-order valence-corrected chi connectivity index (χ1v) is 27.0. The molecule has 0 aliphatic carbocycles. The number of pyridine rings is 4. The molecule has 412 valence electrons. The third kappa shape index (κ3) is 9.38. The molecule has 4 aromatic carbocycles. The number of aryl methyl sites for hydroxylation is 4. The largest absolute Gasteiger partial charge is 2.00 e. The van der Waals surface area contributed by atoms with E-state index in [0.717, 1.165) is 77.5 Å². The van der Waals surface area contributed by atoms with Gasteiger partial charge in [0, 0.05) is 60.2 Å². The van der Waals surface area contributed by atoms with Gasteiger partial charge in [-0.25, -0.2) is 29.9 Å². The maximum absolute atomic E-state index is 5.13. The molecule has 16 rings (SSSR count). The number of H-pyrrole nitrogens is 4. The fourth-order valence-electron chi connectivity index (χ4n) is 11.1. The molecule has 12 aromatic rings. The standard InChI is InChI=1S/2C30H25N12.2Zn/c2*1-17-8-10-20-22(14-17)35-25(33-20)37-27-39-29(19-6-5-12-31-16-19)30(41-27,24-7-3-4-13-32-24)42-28(40-29)38-26-34-21-11-9-18(2)15-23(21)36-26;;/h2*3-16H,1-2H3,(H5-,33,34,35,36,37,38,39,40,41,42);;/q2*-1;2*+2/t2*29-,30+;;. The Balaban J connectivity index is 0.000000156. The summed E-state index contributed by atoms with van der Waals surface area (Å²) in [5.74, 6) is 3.69. The molecular weight excluding hydrogens is 1190 g/mol. The maximum atomic E-state index is 5.13. The van der Waals surface area contributed by atoms with E-state index in [1.165, 1.54) is 0 Å². The van der Waals surface area contributed by atoms with Gasteiger partial charge in [0.2, 0.25) is 23.8 Å². The number of anilines is 4. The number of rotatable bonds is 8. The molecule has 10 N–H and O–H groups in total. The molecule has 8 aromatic heterocycles. The van der Waals surface area contributed by atoms with Crippen LogP contribution < -0.4 is 31.9 Å². The number of aromatic nitrogens is 12. The van der Waals surface area contributed by atoms with Crippen LogP contribution >= 0.6 is 0 Å². The molecule has 0 amide bonds. The van der Waals surface area contributed by atoms with E-state index in [0.29, 0.717) is 59.0 Å². The van der Waals surface area contributed by atoms with Crippen LogP contribution in [0.15, 0.2) is 191 Å². The van der Waals surface area contributed by atoms with Crippen molar-refractivity contribution in [2.45, 2.75) is 50.3 Å². The molecule has 86 heavy (non-hydrogen) atoms. The molecule has 0 bridgehead atoms. The van der Waals surface area contributed by atoms with E-state index in [4.69, 9.17) is 50.5 Å². The molecule has 0 spiro atoms. The number of hydrogen-bond donors (Lipinski definition) is 10. The Bertz CT molecular complexity index is 4070. The molecule has 12 heterocycles. The summed E-state index contributed by atoms with van der Waals surface area (Å²) in [5.41, 5.74) is 9.35. The summed E-state index contributed by atoms with van der Waals surface area (Å²) < 4.78 is 0. The second-order valence-corrected chi connectivity index (χ2v) is 20.9. The van der Waals surface area contributed by atoms with Gasteiger partial charge in [0.25, 0.3) is 0 Å². The number of nitrogens with one attached hydrogen (secondary N) is 10. The van der Waals surface area contributed by atoms with Crippen LogP contribution in [0.25, 0.3) is 54.8 Å². The van der Waals surface area contributed by atoms with Gasteiger partial charge in [-0.3, -0.25) is 30.6 Å². The first-order valence-electron chi connectivity index (χ1n) is 27.0. The molecular formula is C60H50N24Zn2+2. The predicted octanol–water partition coefficient (Wildman–Crippen LogP) is 9.55. The molecule has 0 fully saturated rings. The second-order valence-electron chi connectivity index (χ2n) is 20.9. The summed E-state index contributed by atoms with van der Waals surface area (Å²) in [6.45, 7) is 8.17. The van der Waals surface area contributed by atoms with Crippen molar-refractivity contribution in [2.24, 2.45) is 20.0 Å². The van der Waals surface area contributed by atoms with Gasteiger partial charge < -0.3 is 61.8 Å². The van der Waals surface area contributed by atoms with E-state index in [1.807, 2.05) is 149 Å². The summed E-state index contributed by atoms with van der Waals surface area (Å²) in [4.78, 5) is 70.8. The van der Waals surface area contributed by atoms with E-state index in [-0.39, 0.29) is 39.0 Å². The third-order valence-corrected chi connectivity index (χ3v) is 14.9. The number of guanidine groups is 4. The van der Waals surface area contributed by atoms with Gasteiger partial charge >= 0.3 is 39.0 Å². The Morgan fingerprint density at radius 2 is 0.744 bits per heavy atom. The maximum Gasteiger partial charge on any atom is 2.00 e. The Hall–Kier alpha value is -10.3. The van der Waals surface area contributed by atoms with Crippen LogP contribution in [0.2, 0.25) is 0 Å². The van der Waals surface area contributed by atoms with Crippen LogP contribution in [0.1, 0.15) is 44.8 Å². The summed E-state index contributed by atoms with van der Waals surface area (Å²) in [6, 6.07) is 43.2. The Labute approximate surface area is 515 Å². The zero-order valence-electron chi connectivity index (χ0n) is 46.8. The number of benzene rings is 4. The Morgan fingerprint density at radius 1 is 0.384 bits per heavy atom. The van der Waals surface area contributed by atoms with Gasteiger partial charge in [0.1, 0.15) is 11.9 Å². The summed E-state index contributed by atoms with van der Waals surface area (Å²) >= 11 is 0. The molecule has 4 aliphatic rings. The molecule has 24 nitrogen and oxygen atoms in total. The topological polar surface area (TPSA) is 316 Å². The number of aromatic amines is 4. The Kier molecular flexibility index (Phi) is 13.7. The fraction of sp³-hybridized carbons (Fsp3) is 0.133. The SMILES string of the molecule is Cc1ccc2nc(NC3=N[C@]4(c5ccccn5)NC(Nc5nc6ccc(C)cc6[nH]5)=N[C@]4(c4cccnc4)[N-]3)[nH]c2c1.Cc1ccc2nc(NC3=N[C@]4(c5ccccn5)NC(Nc5nc6ccc(C)cc6[nH]5)=N[C@]4(c4cccnc4)[N-]3)[nH]c2c1.[Zn+2].[Zn+2]. The van der Waals surface area contributed by atoms with E-state index in [1.54, 1.807) is 37.2 Å². The normalized spacial score (nSPS) is 20.5. The molecule has 4 aliphatic heterocycles. The van der Waals surface area contributed by atoms with Gasteiger partial charge in [-0.2, -0.15) is 0 Å². The van der Waals surface area contributed by atoms with Crippen LogP contribution in [0.3, 0.4) is 0 Å². The second kappa shape index (κ2) is 21.4. The number of aliphatic imine (C=N–C) groups is 4. The molecule has 0 saturated carbocycles. The molecule has 0 unspecified atom stereocenters. The number of nitrogens with zero attached hydrogens (tertiary/aromatic N) is 14. The van der Waals surface area contributed by atoms with Crippen molar-refractivity contribution in [1.29, 1.82) is 0 Å². The third-order valence-electron chi connectivity index (χ3n) is 14.9. The Morgan fingerprint density at radius 3 is 1.07 bits per heavy atom. The van der Waals surface area contributed by atoms with Crippen molar-refractivity contribution in [2.75, 3.05) is 21.3 Å². The minimum atomic E-state index is -1.27. The van der Waals surface area contributed by atoms with Crippen molar-refractivity contribution in [1.82, 2.24) is 70.4 Å². The average Bonchev–Trinajstić information content (AvgIpc) is 1.58. The van der Waals surface area contributed by atoms with Gasteiger partial charge in [0.05, 0.1) is 55.5 Å². The predicted molar refractivity (Wildman–Crippen MR) is 324 cm³/mol.